The molecule has 1 aliphatic rings. The molecule has 3 aromatic rings. The third-order valence-corrected chi connectivity index (χ3v) is 6.56. The maximum Gasteiger partial charge on any atom is 0.341 e. The zero-order valence-electron chi connectivity index (χ0n) is 18.1. The Bertz CT molecular complexity index is 1150. The standard InChI is InChI=1S/C25H25NO6S/c1-31-20-14-10-18(11-15-20)17-8-12-19(13-9-17)26(33(29)30)23-6-2-5-22-21(23)4-3-7-24(22)32-16-25(27)28/h3-4,7-15,23H,2,5-6,16H2,1H3,(H,27,28)(H,29,30)/p-1. The molecule has 4 rings (SSSR count). The Balaban J connectivity index is 1.64. The van der Waals surface area contributed by atoms with Crippen LogP contribution in [0.15, 0.2) is 66.7 Å². The summed E-state index contributed by atoms with van der Waals surface area (Å²) in [5.41, 5.74) is 4.23. The highest BCUT2D eigenvalue weighted by atomic mass is 32.2. The van der Waals surface area contributed by atoms with Crippen molar-refractivity contribution in [3.63, 3.8) is 0 Å². The minimum atomic E-state index is -2.50. The normalized spacial score (nSPS) is 15.9. The van der Waals surface area contributed by atoms with E-state index in [2.05, 4.69) is 0 Å². The van der Waals surface area contributed by atoms with Crippen LogP contribution in [0, 0.1) is 0 Å². The second-order valence-electron chi connectivity index (χ2n) is 7.73. The molecule has 0 radical (unpaired) electrons. The van der Waals surface area contributed by atoms with Gasteiger partial charge in [-0.2, -0.15) is 0 Å². The number of carbonyl (C=O) groups is 1. The van der Waals surface area contributed by atoms with Gasteiger partial charge in [0.25, 0.3) is 0 Å². The smallest absolute Gasteiger partial charge is 0.341 e. The summed E-state index contributed by atoms with van der Waals surface area (Å²) in [7, 11) is 1.62. The molecule has 2 unspecified atom stereocenters. The lowest BCUT2D eigenvalue weighted by molar-refractivity contribution is -0.139. The number of carboxylic acids is 1. The zero-order chi connectivity index (χ0) is 23.4. The second-order valence-corrected chi connectivity index (χ2v) is 8.56. The molecule has 0 aromatic heterocycles. The molecule has 3 aromatic carbocycles. The highest BCUT2D eigenvalue weighted by Gasteiger charge is 2.29. The summed E-state index contributed by atoms with van der Waals surface area (Å²) in [5, 5.41) is 8.95. The summed E-state index contributed by atoms with van der Waals surface area (Å²) in [5.74, 6) is 0.205. The largest absolute Gasteiger partial charge is 0.755 e. The topological polar surface area (TPSA) is 99.1 Å². The number of hydrogen-bond acceptors (Lipinski definition) is 5. The van der Waals surface area contributed by atoms with Crippen molar-refractivity contribution in [1.29, 1.82) is 0 Å². The zero-order valence-corrected chi connectivity index (χ0v) is 18.9. The quantitative estimate of drug-likeness (QED) is 0.491. The molecule has 172 valence electrons. The Kier molecular flexibility index (Phi) is 6.96. The van der Waals surface area contributed by atoms with Crippen molar-refractivity contribution in [2.75, 3.05) is 18.0 Å². The van der Waals surface area contributed by atoms with E-state index in [4.69, 9.17) is 14.6 Å². The van der Waals surface area contributed by atoms with Crippen LogP contribution in [0.1, 0.15) is 30.0 Å². The van der Waals surface area contributed by atoms with Crippen molar-refractivity contribution < 1.29 is 28.1 Å². The molecular formula is C25H24NO6S-. The van der Waals surface area contributed by atoms with E-state index in [1.807, 2.05) is 42.5 Å². The monoisotopic (exact) mass is 466 g/mol. The Morgan fingerprint density at radius 2 is 1.76 bits per heavy atom. The predicted octanol–water partition coefficient (Wildman–Crippen LogP) is 4.50. The van der Waals surface area contributed by atoms with Crippen LogP contribution in [0.5, 0.6) is 11.5 Å². The molecule has 1 N–H and O–H groups in total. The Morgan fingerprint density at radius 3 is 2.36 bits per heavy atom. The first-order valence-electron chi connectivity index (χ1n) is 10.6. The number of benzene rings is 3. The summed E-state index contributed by atoms with van der Waals surface area (Å²) >= 11 is -2.50. The second kappa shape index (κ2) is 10.1. The van der Waals surface area contributed by atoms with E-state index in [0.29, 0.717) is 24.3 Å². The van der Waals surface area contributed by atoms with Crippen LogP contribution in [0.2, 0.25) is 0 Å². The first-order chi connectivity index (χ1) is 16.0. The summed E-state index contributed by atoms with van der Waals surface area (Å²) in [6, 6.07) is 20.0. The van der Waals surface area contributed by atoms with Crippen LogP contribution in [-0.4, -0.2) is 33.6 Å². The summed E-state index contributed by atoms with van der Waals surface area (Å²) < 4.78 is 36.7. The SMILES string of the molecule is COc1ccc(-c2ccc(N(C3CCCc4c(OCC(=O)O)cccc43)S(=O)[O-])cc2)cc1. The predicted molar refractivity (Wildman–Crippen MR) is 125 cm³/mol. The van der Waals surface area contributed by atoms with E-state index in [1.165, 1.54) is 4.31 Å². The molecule has 0 heterocycles. The van der Waals surface area contributed by atoms with Crippen molar-refractivity contribution in [3.8, 4) is 22.6 Å². The molecule has 0 saturated heterocycles. The number of anilines is 1. The van der Waals surface area contributed by atoms with E-state index in [9.17, 15) is 13.6 Å². The summed E-state index contributed by atoms with van der Waals surface area (Å²) in [6.45, 7) is -0.439. The summed E-state index contributed by atoms with van der Waals surface area (Å²) in [6.07, 6.45) is 2.13. The van der Waals surface area contributed by atoms with Gasteiger partial charge in [0.1, 0.15) is 11.5 Å². The lowest BCUT2D eigenvalue weighted by atomic mass is 9.87. The number of methoxy groups -OCH3 is 1. The van der Waals surface area contributed by atoms with Gasteiger partial charge in [0, 0.05) is 17.0 Å². The number of fused-ring (bicyclic) bond motifs is 1. The van der Waals surface area contributed by atoms with Crippen molar-refractivity contribution in [2.45, 2.75) is 25.3 Å². The van der Waals surface area contributed by atoms with Gasteiger partial charge >= 0.3 is 5.97 Å². The molecule has 0 saturated carbocycles. The molecule has 33 heavy (non-hydrogen) atoms. The van der Waals surface area contributed by atoms with E-state index in [1.54, 1.807) is 31.4 Å². The van der Waals surface area contributed by atoms with Gasteiger partial charge in [-0.1, -0.05) is 36.4 Å². The molecule has 0 spiro atoms. The van der Waals surface area contributed by atoms with Crippen LogP contribution < -0.4 is 13.8 Å². The van der Waals surface area contributed by atoms with Crippen LogP contribution in [0.25, 0.3) is 11.1 Å². The molecule has 2 atom stereocenters. The molecule has 0 fully saturated rings. The van der Waals surface area contributed by atoms with Crippen LogP contribution in [0.4, 0.5) is 5.69 Å². The fraction of sp³-hybridized carbons (Fsp3) is 0.240. The lowest BCUT2D eigenvalue weighted by Crippen LogP contribution is -2.33. The Morgan fingerprint density at radius 1 is 1.09 bits per heavy atom. The third-order valence-electron chi connectivity index (χ3n) is 5.77. The number of rotatable bonds is 8. The third kappa shape index (κ3) is 5.02. The number of hydrogen-bond donors (Lipinski definition) is 1. The lowest BCUT2D eigenvalue weighted by Gasteiger charge is -2.38. The van der Waals surface area contributed by atoms with E-state index >= 15 is 0 Å². The molecule has 1 aliphatic carbocycles. The number of nitrogens with zero attached hydrogens (tertiary/aromatic N) is 1. The van der Waals surface area contributed by atoms with Gasteiger partial charge in [0.2, 0.25) is 0 Å². The van der Waals surface area contributed by atoms with Gasteiger partial charge in [0.15, 0.2) is 6.61 Å². The maximum atomic E-state index is 12.3. The summed E-state index contributed by atoms with van der Waals surface area (Å²) in [4.78, 5) is 10.9. The van der Waals surface area contributed by atoms with Crippen molar-refractivity contribution in [1.82, 2.24) is 0 Å². The molecule has 7 nitrogen and oxygen atoms in total. The van der Waals surface area contributed by atoms with Gasteiger partial charge < -0.3 is 19.1 Å². The average molecular weight is 467 g/mol. The highest BCUT2D eigenvalue weighted by Crippen LogP contribution is 2.41. The Hall–Kier alpha value is -3.36. The molecule has 0 bridgehead atoms. The van der Waals surface area contributed by atoms with Gasteiger partial charge in [-0.05, 0) is 71.8 Å². The van der Waals surface area contributed by atoms with Gasteiger partial charge in [-0.15, -0.1) is 0 Å². The number of ether oxygens (including phenoxy) is 2. The molecule has 8 heteroatoms. The molecule has 0 amide bonds. The molecule has 0 aliphatic heterocycles. The fourth-order valence-electron chi connectivity index (χ4n) is 4.26. The first-order valence-corrected chi connectivity index (χ1v) is 11.6. The Labute approximate surface area is 195 Å². The highest BCUT2D eigenvalue weighted by molar-refractivity contribution is 7.80. The fourth-order valence-corrected chi connectivity index (χ4v) is 4.98. The van der Waals surface area contributed by atoms with Crippen molar-refractivity contribution in [2.24, 2.45) is 0 Å². The van der Waals surface area contributed by atoms with Crippen molar-refractivity contribution in [3.05, 3.63) is 77.9 Å². The van der Waals surface area contributed by atoms with Crippen LogP contribution in [0.3, 0.4) is 0 Å². The minimum absolute atomic E-state index is 0.396. The molecular weight excluding hydrogens is 442 g/mol. The van der Waals surface area contributed by atoms with Crippen LogP contribution >= 0.6 is 0 Å². The van der Waals surface area contributed by atoms with Gasteiger partial charge in [-0.25, -0.2) is 4.79 Å². The average Bonchev–Trinajstić information content (AvgIpc) is 2.83. The van der Waals surface area contributed by atoms with Crippen LogP contribution in [-0.2, 0) is 22.5 Å². The van der Waals surface area contributed by atoms with E-state index < -0.39 is 29.9 Å². The van der Waals surface area contributed by atoms with Gasteiger partial charge in [0.05, 0.1) is 13.2 Å². The van der Waals surface area contributed by atoms with Crippen molar-refractivity contribution >= 4 is 22.9 Å². The number of aliphatic carboxylic acids is 1. The number of carboxylic acid groups (broad SMARTS) is 1. The maximum absolute atomic E-state index is 12.3. The van der Waals surface area contributed by atoms with E-state index in [0.717, 1.165) is 34.4 Å². The minimum Gasteiger partial charge on any atom is -0.755 e. The first kappa shape index (κ1) is 22.8. The van der Waals surface area contributed by atoms with Gasteiger partial charge in [-0.3, -0.25) is 8.51 Å². The van der Waals surface area contributed by atoms with E-state index in [-0.39, 0.29) is 0 Å².